The van der Waals surface area contributed by atoms with Crippen molar-refractivity contribution in [3.8, 4) is 0 Å². The van der Waals surface area contributed by atoms with Gasteiger partial charge in [0.2, 0.25) is 0 Å². The Kier molecular flexibility index (Phi) is 8.64. The lowest BCUT2D eigenvalue weighted by atomic mass is 9.95. The van der Waals surface area contributed by atoms with Crippen molar-refractivity contribution in [2.24, 2.45) is 0 Å². The Labute approximate surface area is 167 Å². The summed E-state index contributed by atoms with van der Waals surface area (Å²) in [5.74, 6) is 0.0167. The van der Waals surface area contributed by atoms with Gasteiger partial charge in [0, 0.05) is 5.56 Å². The minimum atomic E-state index is -1.70. The molecule has 2 nitrogen and oxygen atoms in total. The molecule has 0 N–H and O–H groups in total. The smallest absolute Gasteiger partial charge is 0.195 e. The summed E-state index contributed by atoms with van der Waals surface area (Å²) in [6, 6.07) is 9.45. The third-order valence-corrected chi connectivity index (χ3v) is 6.23. The van der Waals surface area contributed by atoms with Gasteiger partial charge < -0.3 is 4.74 Å². The Hall–Kier alpha value is -1.71. The Bertz CT molecular complexity index is 685. The highest BCUT2D eigenvalue weighted by Crippen LogP contribution is 2.30. The molecule has 0 amide bonds. The zero-order valence-corrected chi connectivity index (χ0v) is 19.1. The van der Waals surface area contributed by atoms with Crippen LogP contribution in [0, 0.1) is 0 Å². The number of benzene rings is 1. The SMILES string of the molecule is C=CC/C(=C(/C=C/CC)[Si](C)(C)C)C(OC(C)(C)C)C(=O)c1ccccc1. The fraction of sp³-hybridized carbons (Fsp3) is 0.458. The summed E-state index contributed by atoms with van der Waals surface area (Å²) in [5, 5.41) is 1.28. The fourth-order valence-electron chi connectivity index (χ4n) is 2.98. The molecule has 0 aliphatic heterocycles. The minimum Gasteiger partial charge on any atom is -0.360 e. The molecule has 27 heavy (non-hydrogen) atoms. The van der Waals surface area contributed by atoms with E-state index in [0.29, 0.717) is 12.0 Å². The van der Waals surface area contributed by atoms with E-state index in [2.05, 4.69) is 45.3 Å². The van der Waals surface area contributed by atoms with Crippen molar-refractivity contribution in [3.05, 3.63) is 71.5 Å². The summed E-state index contributed by atoms with van der Waals surface area (Å²) in [5.41, 5.74) is 1.31. The van der Waals surface area contributed by atoms with Gasteiger partial charge in [-0.2, -0.15) is 0 Å². The zero-order valence-electron chi connectivity index (χ0n) is 18.1. The van der Waals surface area contributed by atoms with Crippen molar-refractivity contribution in [2.75, 3.05) is 0 Å². The standard InChI is InChI=1S/C24H36O2Si/c1-9-11-18-21(27(6,7)8)20(15-10-2)23(26-24(3,4)5)22(25)19-16-13-12-14-17-19/h10-14,16-18,23H,2,9,15H2,1,3-8H3/b18-11+,21-20+. The third kappa shape index (κ3) is 7.43. The molecule has 0 bridgehead atoms. The first kappa shape index (κ1) is 23.3. The van der Waals surface area contributed by atoms with Gasteiger partial charge in [0.1, 0.15) is 6.10 Å². The number of Topliss-reactive ketones (excluding diaryl/α,β-unsaturated/α-hetero) is 1. The quantitative estimate of drug-likeness (QED) is 0.203. The van der Waals surface area contributed by atoms with Gasteiger partial charge >= 0.3 is 0 Å². The number of rotatable bonds is 9. The molecule has 3 heteroatoms. The van der Waals surface area contributed by atoms with Gasteiger partial charge in [-0.05, 0) is 39.2 Å². The van der Waals surface area contributed by atoms with Crippen LogP contribution >= 0.6 is 0 Å². The van der Waals surface area contributed by atoms with Crippen molar-refractivity contribution >= 4 is 13.9 Å². The highest BCUT2D eigenvalue weighted by atomic mass is 28.3. The summed E-state index contributed by atoms with van der Waals surface area (Å²) >= 11 is 0. The van der Waals surface area contributed by atoms with E-state index in [1.807, 2.05) is 57.2 Å². The first-order valence-electron chi connectivity index (χ1n) is 9.79. The molecule has 0 spiro atoms. The predicted molar refractivity (Wildman–Crippen MR) is 120 cm³/mol. The molecule has 0 radical (unpaired) electrons. The second kappa shape index (κ2) is 10.0. The van der Waals surface area contributed by atoms with Crippen LogP contribution in [-0.2, 0) is 4.74 Å². The zero-order chi connectivity index (χ0) is 20.7. The summed E-state index contributed by atoms with van der Waals surface area (Å²) in [4.78, 5) is 13.4. The van der Waals surface area contributed by atoms with Crippen molar-refractivity contribution in [3.63, 3.8) is 0 Å². The van der Waals surface area contributed by atoms with Gasteiger partial charge in [0.25, 0.3) is 0 Å². The van der Waals surface area contributed by atoms with Crippen molar-refractivity contribution in [1.29, 1.82) is 0 Å². The minimum absolute atomic E-state index is 0.0167. The lowest BCUT2D eigenvalue weighted by Gasteiger charge is -2.32. The summed E-state index contributed by atoms with van der Waals surface area (Å²) in [7, 11) is -1.70. The van der Waals surface area contributed by atoms with Crippen molar-refractivity contribution in [1.82, 2.24) is 0 Å². The van der Waals surface area contributed by atoms with E-state index in [4.69, 9.17) is 4.74 Å². The summed E-state index contributed by atoms with van der Waals surface area (Å²) in [6.45, 7) is 19.0. The molecule has 0 aliphatic rings. The molecular weight excluding hydrogens is 348 g/mol. The van der Waals surface area contributed by atoms with Gasteiger partial charge in [0.15, 0.2) is 5.78 Å². The average molecular weight is 385 g/mol. The van der Waals surface area contributed by atoms with Crippen molar-refractivity contribution in [2.45, 2.75) is 71.9 Å². The molecule has 148 valence electrons. The maximum atomic E-state index is 13.4. The van der Waals surface area contributed by atoms with E-state index in [9.17, 15) is 4.79 Å². The number of ether oxygens (including phenoxy) is 1. The lowest BCUT2D eigenvalue weighted by Crippen LogP contribution is -2.38. The molecule has 0 saturated heterocycles. The third-order valence-electron chi connectivity index (χ3n) is 4.12. The number of allylic oxidation sites excluding steroid dienone is 4. The van der Waals surface area contributed by atoms with Crippen molar-refractivity contribution < 1.29 is 9.53 Å². The van der Waals surface area contributed by atoms with E-state index >= 15 is 0 Å². The van der Waals surface area contributed by atoms with E-state index in [1.54, 1.807) is 0 Å². The molecule has 1 atom stereocenters. The number of carbonyl (C=O) groups is 1. The summed E-state index contributed by atoms with van der Waals surface area (Å²) in [6.07, 6.45) is 7.28. The van der Waals surface area contributed by atoms with Crippen LogP contribution in [0.1, 0.15) is 50.9 Å². The molecular formula is C24H36O2Si. The van der Waals surface area contributed by atoms with Crippen LogP contribution in [0.2, 0.25) is 19.6 Å². The van der Waals surface area contributed by atoms with Crippen LogP contribution in [0.15, 0.2) is 65.9 Å². The number of hydrogen-bond acceptors (Lipinski definition) is 2. The molecule has 0 fully saturated rings. The Balaban J connectivity index is 3.64. The first-order chi connectivity index (χ1) is 12.5. The van der Waals surface area contributed by atoms with Gasteiger partial charge in [-0.15, -0.1) is 6.58 Å². The molecule has 0 aliphatic carbocycles. The monoisotopic (exact) mass is 384 g/mol. The summed E-state index contributed by atoms with van der Waals surface area (Å²) < 4.78 is 6.36. The molecule has 1 unspecified atom stereocenters. The Morgan fingerprint density at radius 1 is 1.19 bits per heavy atom. The number of hydrogen-bond donors (Lipinski definition) is 0. The average Bonchev–Trinajstić information content (AvgIpc) is 2.57. The predicted octanol–water partition coefficient (Wildman–Crippen LogP) is 6.77. The van der Waals surface area contributed by atoms with Gasteiger partial charge in [0.05, 0.1) is 13.7 Å². The van der Waals surface area contributed by atoms with E-state index < -0.39 is 19.8 Å². The molecule has 1 aromatic rings. The maximum absolute atomic E-state index is 13.4. The second-order valence-corrected chi connectivity index (χ2v) is 13.9. The highest BCUT2D eigenvalue weighted by Gasteiger charge is 2.33. The van der Waals surface area contributed by atoms with Crippen LogP contribution in [0.5, 0.6) is 0 Å². The van der Waals surface area contributed by atoms with Crippen LogP contribution in [-0.4, -0.2) is 25.6 Å². The van der Waals surface area contributed by atoms with Gasteiger partial charge in [-0.1, -0.05) is 80.3 Å². The topological polar surface area (TPSA) is 26.3 Å². The fourth-order valence-corrected chi connectivity index (χ4v) is 4.79. The largest absolute Gasteiger partial charge is 0.360 e. The molecule has 1 rings (SSSR count). The number of carbonyl (C=O) groups excluding carboxylic acids is 1. The van der Waals surface area contributed by atoms with Gasteiger partial charge in [-0.3, -0.25) is 4.79 Å². The van der Waals surface area contributed by atoms with E-state index in [-0.39, 0.29) is 5.78 Å². The lowest BCUT2D eigenvalue weighted by molar-refractivity contribution is -0.0321. The van der Waals surface area contributed by atoms with Crippen LogP contribution < -0.4 is 0 Å². The van der Waals surface area contributed by atoms with Crippen LogP contribution in [0.3, 0.4) is 0 Å². The number of ketones is 1. The maximum Gasteiger partial charge on any atom is 0.195 e. The second-order valence-electron chi connectivity index (χ2n) is 8.83. The Morgan fingerprint density at radius 2 is 1.78 bits per heavy atom. The van der Waals surface area contributed by atoms with Gasteiger partial charge in [-0.25, -0.2) is 0 Å². The Morgan fingerprint density at radius 3 is 2.22 bits per heavy atom. The first-order valence-corrected chi connectivity index (χ1v) is 13.3. The van der Waals surface area contributed by atoms with E-state index in [1.165, 1.54) is 5.20 Å². The molecule has 0 heterocycles. The normalized spacial score (nSPS) is 14.8. The molecule has 0 saturated carbocycles. The highest BCUT2D eigenvalue weighted by molar-refractivity contribution is 6.83. The molecule has 0 aromatic heterocycles. The molecule has 1 aromatic carbocycles. The van der Waals surface area contributed by atoms with E-state index in [0.717, 1.165) is 12.0 Å². The van der Waals surface area contributed by atoms with Crippen LogP contribution in [0.25, 0.3) is 0 Å². The van der Waals surface area contributed by atoms with Crippen LogP contribution in [0.4, 0.5) is 0 Å².